The van der Waals surface area contributed by atoms with E-state index in [2.05, 4.69) is 10.6 Å². The van der Waals surface area contributed by atoms with Gasteiger partial charge in [-0.3, -0.25) is 0 Å². The topological polar surface area (TPSA) is 46.2 Å². The van der Waals surface area contributed by atoms with Gasteiger partial charge in [0.25, 0.3) is 0 Å². The third-order valence-corrected chi connectivity index (χ3v) is 3.72. The van der Waals surface area contributed by atoms with E-state index in [1.807, 2.05) is 0 Å². The molecule has 0 spiro atoms. The molecule has 1 fully saturated rings. The summed E-state index contributed by atoms with van der Waals surface area (Å²) in [6, 6.07) is 0. The van der Waals surface area contributed by atoms with Crippen LogP contribution in [-0.2, 0) is 10.0 Å². The predicted molar refractivity (Wildman–Crippen MR) is 48.0 cm³/mol. The first-order valence-electron chi connectivity index (χ1n) is 4.09. The van der Waals surface area contributed by atoms with E-state index in [1.165, 1.54) is 0 Å². The van der Waals surface area contributed by atoms with Gasteiger partial charge >= 0.3 is 0 Å². The van der Waals surface area contributed by atoms with Crippen molar-refractivity contribution in [1.82, 2.24) is 4.72 Å². The van der Waals surface area contributed by atoms with Gasteiger partial charge in [-0.15, -0.1) is 12.3 Å². The van der Waals surface area contributed by atoms with Crippen LogP contribution in [0.5, 0.6) is 0 Å². The number of hydrogen-bond donors (Lipinski definition) is 1. The molecule has 0 unspecified atom stereocenters. The molecule has 4 heteroatoms. The predicted octanol–water partition coefficient (Wildman–Crippen LogP) is 0.482. The molecule has 12 heavy (non-hydrogen) atoms. The number of rotatable bonds is 5. The molecule has 0 saturated heterocycles. The zero-order valence-electron chi connectivity index (χ0n) is 6.91. The van der Waals surface area contributed by atoms with Crippen molar-refractivity contribution in [3.05, 3.63) is 0 Å². The summed E-state index contributed by atoms with van der Waals surface area (Å²) in [4.78, 5) is 0. The van der Waals surface area contributed by atoms with Gasteiger partial charge in [0, 0.05) is 13.0 Å². The van der Waals surface area contributed by atoms with E-state index < -0.39 is 10.0 Å². The number of unbranched alkanes of at least 4 members (excludes halogenated alkanes) is 1. The van der Waals surface area contributed by atoms with Gasteiger partial charge in [-0.2, -0.15) is 0 Å². The van der Waals surface area contributed by atoms with Crippen molar-refractivity contribution in [2.24, 2.45) is 0 Å². The van der Waals surface area contributed by atoms with Gasteiger partial charge in [0.05, 0.1) is 5.25 Å². The number of hydrogen-bond acceptors (Lipinski definition) is 2. The molecule has 0 atom stereocenters. The molecular formula is C8H13NO2S. The van der Waals surface area contributed by atoms with Crippen LogP contribution in [0.25, 0.3) is 0 Å². The Morgan fingerprint density at radius 1 is 1.50 bits per heavy atom. The summed E-state index contributed by atoms with van der Waals surface area (Å²) < 4.78 is 24.9. The molecule has 0 amide bonds. The zero-order chi connectivity index (χ0) is 9.03. The minimum Gasteiger partial charge on any atom is -0.215 e. The second-order valence-electron chi connectivity index (χ2n) is 2.95. The van der Waals surface area contributed by atoms with Crippen LogP contribution in [0.15, 0.2) is 0 Å². The van der Waals surface area contributed by atoms with Crippen LogP contribution in [0.4, 0.5) is 0 Å². The first kappa shape index (κ1) is 9.56. The number of terminal acetylenes is 1. The highest BCUT2D eigenvalue weighted by Gasteiger charge is 2.34. The first-order chi connectivity index (χ1) is 5.67. The normalized spacial score (nSPS) is 17.2. The Hall–Kier alpha value is -0.530. The van der Waals surface area contributed by atoms with Crippen molar-refractivity contribution < 1.29 is 8.42 Å². The maximum absolute atomic E-state index is 11.2. The van der Waals surface area contributed by atoms with Crippen LogP contribution in [0, 0.1) is 12.3 Å². The summed E-state index contributed by atoms with van der Waals surface area (Å²) in [7, 11) is -2.99. The molecule has 0 aromatic heterocycles. The second kappa shape index (κ2) is 3.92. The highest BCUT2D eigenvalue weighted by atomic mass is 32.2. The third kappa shape index (κ3) is 2.84. The zero-order valence-corrected chi connectivity index (χ0v) is 7.73. The Morgan fingerprint density at radius 2 is 2.17 bits per heavy atom. The molecule has 1 rings (SSSR count). The van der Waals surface area contributed by atoms with Gasteiger partial charge < -0.3 is 0 Å². The molecule has 0 heterocycles. The van der Waals surface area contributed by atoms with E-state index in [4.69, 9.17) is 6.42 Å². The highest BCUT2D eigenvalue weighted by Crippen LogP contribution is 2.27. The van der Waals surface area contributed by atoms with E-state index in [0.717, 1.165) is 19.3 Å². The van der Waals surface area contributed by atoms with Crippen molar-refractivity contribution in [2.75, 3.05) is 6.54 Å². The molecule has 0 aromatic carbocycles. The van der Waals surface area contributed by atoms with E-state index >= 15 is 0 Å². The summed E-state index contributed by atoms with van der Waals surface area (Å²) in [5, 5.41) is -0.122. The number of sulfonamides is 1. The van der Waals surface area contributed by atoms with Gasteiger partial charge in [0.15, 0.2) is 0 Å². The lowest BCUT2D eigenvalue weighted by molar-refractivity contribution is 0.578. The van der Waals surface area contributed by atoms with Gasteiger partial charge in [-0.1, -0.05) is 0 Å². The van der Waals surface area contributed by atoms with E-state index in [0.29, 0.717) is 13.0 Å². The smallest absolute Gasteiger partial charge is 0.214 e. The summed E-state index contributed by atoms with van der Waals surface area (Å²) in [6.45, 7) is 0.475. The van der Waals surface area contributed by atoms with Gasteiger partial charge in [-0.25, -0.2) is 13.1 Å². The van der Waals surface area contributed by atoms with Crippen molar-refractivity contribution >= 4 is 10.0 Å². The SMILES string of the molecule is C#CCCCNS(=O)(=O)C1CC1. The molecule has 0 radical (unpaired) electrons. The average Bonchev–Trinajstić information content (AvgIpc) is 2.80. The molecule has 1 aliphatic rings. The lowest BCUT2D eigenvalue weighted by Crippen LogP contribution is -2.27. The van der Waals surface area contributed by atoms with Crippen LogP contribution in [-0.4, -0.2) is 20.2 Å². The molecule has 1 aliphatic carbocycles. The Balaban J connectivity index is 2.18. The van der Waals surface area contributed by atoms with Crippen LogP contribution in [0.1, 0.15) is 25.7 Å². The molecule has 1 saturated carbocycles. The fraction of sp³-hybridized carbons (Fsp3) is 0.750. The first-order valence-corrected chi connectivity index (χ1v) is 5.63. The van der Waals surface area contributed by atoms with Crippen LogP contribution < -0.4 is 4.72 Å². The fourth-order valence-corrected chi connectivity index (χ4v) is 2.32. The molecule has 0 bridgehead atoms. The van der Waals surface area contributed by atoms with E-state index in [1.54, 1.807) is 0 Å². The van der Waals surface area contributed by atoms with Crippen LogP contribution in [0.3, 0.4) is 0 Å². The van der Waals surface area contributed by atoms with Gasteiger partial charge in [0.1, 0.15) is 0 Å². The van der Waals surface area contributed by atoms with Crippen LogP contribution >= 0.6 is 0 Å². The average molecular weight is 187 g/mol. The lowest BCUT2D eigenvalue weighted by atomic mass is 10.3. The van der Waals surface area contributed by atoms with Crippen molar-refractivity contribution in [3.63, 3.8) is 0 Å². The molecule has 0 aromatic rings. The summed E-state index contributed by atoms with van der Waals surface area (Å²) in [6.07, 6.45) is 8.00. The van der Waals surface area contributed by atoms with Gasteiger partial charge in [-0.05, 0) is 19.3 Å². The molecule has 1 N–H and O–H groups in total. The molecular weight excluding hydrogens is 174 g/mol. The largest absolute Gasteiger partial charge is 0.215 e. The Morgan fingerprint density at radius 3 is 2.67 bits per heavy atom. The summed E-state index contributed by atoms with van der Waals surface area (Å²) in [5.74, 6) is 2.46. The number of nitrogens with one attached hydrogen (secondary N) is 1. The standard InChI is InChI=1S/C8H13NO2S/c1-2-3-4-7-9-12(10,11)8-5-6-8/h1,8-9H,3-7H2. The Labute approximate surface area is 73.6 Å². The Kier molecular flexibility index (Phi) is 3.12. The molecule has 0 aliphatic heterocycles. The third-order valence-electron chi connectivity index (χ3n) is 1.76. The molecule has 3 nitrogen and oxygen atoms in total. The van der Waals surface area contributed by atoms with E-state index in [9.17, 15) is 8.42 Å². The van der Waals surface area contributed by atoms with Gasteiger partial charge in [0.2, 0.25) is 10.0 Å². The molecule has 68 valence electrons. The highest BCUT2D eigenvalue weighted by molar-refractivity contribution is 7.90. The lowest BCUT2D eigenvalue weighted by Gasteiger charge is -2.02. The van der Waals surface area contributed by atoms with E-state index in [-0.39, 0.29) is 5.25 Å². The van der Waals surface area contributed by atoms with Crippen molar-refractivity contribution in [2.45, 2.75) is 30.9 Å². The summed E-state index contributed by atoms with van der Waals surface area (Å²) in [5.41, 5.74) is 0. The Bertz CT molecular complexity index is 272. The maximum atomic E-state index is 11.2. The fourth-order valence-electron chi connectivity index (χ4n) is 0.901. The second-order valence-corrected chi connectivity index (χ2v) is 4.99. The van der Waals surface area contributed by atoms with Crippen molar-refractivity contribution in [3.8, 4) is 12.3 Å². The van der Waals surface area contributed by atoms with Crippen molar-refractivity contribution in [1.29, 1.82) is 0 Å². The minimum atomic E-state index is -2.99. The maximum Gasteiger partial charge on any atom is 0.214 e. The van der Waals surface area contributed by atoms with Crippen LogP contribution in [0.2, 0.25) is 0 Å². The summed E-state index contributed by atoms with van der Waals surface area (Å²) >= 11 is 0. The minimum absolute atomic E-state index is 0.122. The quantitative estimate of drug-likeness (QED) is 0.502. The monoisotopic (exact) mass is 187 g/mol.